The summed E-state index contributed by atoms with van der Waals surface area (Å²) in [5.74, 6) is -0.842. The Morgan fingerprint density at radius 3 is 2.32 bits per heavy atom. The highest BCUT2D eigenvalue weighted by molar-refractivity contribution is 5.74. The van der Waals surface area contributed by atoms with Crippen LogP contribution in [-0.4, -0.2) is 54.2 Å². The normalized spacial score (nSPS) is 17.5. The van der Waals surface area contributed by atoms with Crippen molar-refractivity contribution < 1.29 is 14.7 Å². The van der Waals surface area contributed by atoms with Crippen LogP contribution in [0.4, 0.5) is 4.79 Å². The zero-order chi connectivity index (χ0) is 20.4. The fourth-order valence-electron chi connectivity index (χ4n) is 4.07. The van der Waals surface area contributed by atoms with E-state index in [0.717, 1.165) is 18.4 Å². The van der Waals surface area contributed by atoms with Gasteiger partial charge >= 0.3 is 12.0 Å². The number of carbonyl (C=O) groups is 2. The van der Waals surface area contributed by atoms with Crippen LogP contribution in [0.3, 0.4) is 0 Å². The quantitative estimate of drug-likeness (QED) is 0.565. The molecule has 1 aromatic carbocycles. The summed E-state index contributed by atoms with van der Waals surface area (Å²) in [5, 5.41) is 15.1. The molecule has 2 rings (SSSR count). The highest BCUT2D eigenvalue weighted by Gasteiger charge is 2.33. The Kier molecular flexibility index (Phi) is 8.77. The van der Waals surface area contributed by atoms with Gasteiger partial charge in [-0.1, -0.05) is 56.0 Å². The highest BCUT2D eigenvalue weighted by Crippen LogP contribution is 2.30. The SMILES string of the molecule is CN(C)C1(CNC(=O)NC(CCC(=O)O)Cc2ccccc2)CCCCCC1. The molecule has 0 aromatic heterocycles. The maximum absolute atomic E-state index is 12.6. The van der Waals surface area contributed by atoms with E-state index in [1.165, 1.54) is 25.7 Å². The van der Waals surface area contributed by atoms with Crippen molar-refractivity contribution in [1.82, 2.24) is 15.5 Å². The molecular formula is C22H35N3O3. The zero-order valence-corrected chi connectivity index (χ0v) is 17.2. The average molecular weight is 390 g/mol. The van der Waals surface area contributed by atoms with Gasteiger partial charge in [-0.25, -0.2) is 4.79 Å². The number of rotatable bonds is 9. The molecule has 28 heavy (non-hydrogen) atoms. The lowest BCUT2D eigenvalue weighted by atomic mass is 9.89. The molecule has 156 valence electrons. The maximum Gasteiger partial charge on any atom is 0.315 e. The molecule has 1 fully saturated rings. The molecule has 2 amide bonds. The van der Waals surface area contributed by atoms with Crippen molar-refractivity contribution in [3.05, 3.63) is 35.9 Å². The number of carboxylic acids is 1. The second-order valence-electron chi connectivity index (χ2n) is 8.18. The number of urea groups is 1. The van der Waals surface area contributed by atoms with Gasteiger partial charge in [-0.05, 0) is 45.3 Å². The fourth-order valence-corrected chi connectivity index (χ4v) is 4.07. The lowest BCUT2D eigenvalue weighted by Crippen LogP contribution is -2.55. The van der Waals surface area contributed by atoms with Crippen LogP contribution >= 0.6 is 0 Å². The third-order valence-corrected chi connectivity index (χ3v) is 5.93. The molecule has 1 aromatic rings. The minimum Gasteiger partial charge on any atom is -0.481 e. The molecule has 0 aliphatic heterocycles. The molecule has 0 spiro atoms. The summed E-state index contributed by atoms with van der Waals surface area (Å²) in [6, 6.07) is 9.44. The molecule has 0 saturated heterocycles. The first-order chi connectivity index (χ1) is 13.4. The number of benzene rings is 1. The van der Waals surface area contributed by atoms with Crippen LogP contribution in [0.5, 0.6) is 0 Å². The smallest absolute Gasteiger partial charge is 0.315 e. The molecule has 3 N–H and O–H groups in total. The minimum absolute atomic E-state index is 0.00380. The number of aliphatic carboxylic acids is 1. The van der Waals surface area contributed by atoms with Gasteiger partial charge in [0.25, 0.3) is 0 Å². The number of carboxylic acid groups (broad SMARTS) is 1. The van der Waals surface area contributed by atoms with Crippen LogP contribution in [0.2, 0.25) is 0 Å². The van der Waals surface area contributed by atoms with Crippen molar-refractivity contribution >= 4 is 12.0 Å². The predicted octanol–water partition coefficient (Wildman–Crippen LogP) is 3.42. The van der Waals surface area contributed by atoms with Gasteiger partial charge in [-0.3, -0.25) is 4.79 Å². The molecule has 1 aliphatic carbocycles. The molecule has 1 atom stereocenters. The summed E-state index contributed by atoms with van der Waals surface area (Å²) in [5.41, 5.74) is 1.09. The van der Waals surface area contributed by atoms with Gasteiger partial charge in [-0.2, -0.15) is 0 Å². The second kappa shape index (κ2) is 11.1. The second-order valence-corrected chi connectivity index (χ2v) is 8.18. The van der Waals surface area contributed by atoms with Gasteiger partial charge in [0.05, 0.1) is 0 Å². The lowest BCUT2D eigenvalue weighted by Gasteiger charge is -2.39. The number of likely N-dealkylation sites (N-methyl/N-ethyl adjacent to an activating group) is 1. The van der Waals surface area contributed by atoms with Crippen LogP contribution < -0.4 is 10.6 Å². The summed E-state index contributed by atoms with van der Waals surface area (Å²) >= 11 is 0. The molecular weight excluding hydrogens is 354 g/mol. The van der Waals surface area contributed by atoms with Crippen LogP contribution in [0.1, 0.15) is 56.9 Å². The summed E-state index contributed by atoms with van der Waals surface area (Å²) in [7, 11) is 4.19. The molecule has 6 heteroatoms. The standard InChI is InChI=1S/C22H35N3O3/c1-25(2)22(14-8-3-4-9-15-22)17-23-21(28)24-19(12-13-20(26)27)16-18-10-6-5-7-11-18/h5-7,10-11,19H,3-4,8-9,12-17H2,1-2H3,(H,26,27)(H2,23,24,28). The molecule has 0 radical (unpaired) electrons. The Balaban J connectivity index is 1.94. The Hall–Kier alpha value is -2.08. The first-order valence-corrected chi connectivity index (χ1v) is 10.4. The zero-order valence-electron chi connectivity index (χ0n) is 17.2. The summed E-state index contributed by atoms with van der Waals surface area (Å²) in [4.78, 5) is 25.8. The first-order valence-electron chi connectivity index (χ1n) is 10.4. The Bertz CT molecular complexity index is 611. The first kappa shape index (κ1) is 22.2. The van der Waals surface area contributed by atoms with E-state index in [9.17, 15) is 9.59 Å². The molecule has 0 bridgehead atoms. The third kappa shape index (κ3) is 7.15. The number of carbonyl (C=O) groups excluding carboxylic acids is 1. The lowest BCUT2D eigenvalue weighted by molar-refractivity contribution is -0.137. The van der Waals surface area contributed by atoms with Crippen molar-refractivity contribution in [3.8, 4) is 0 Å². The maximum atomic E-state index is 12.6. The number of hydrogen-bond donors (Lipinski definition) is 3. The van der Waals surface area contributed by atoms with Gasteiger partial charge in [-0.15, -0.1) is 0 Å². The molecule has 0 heterocycles. The van der Waals surface area contributed by atoms with Crippen LogP contribution in [0, 0.1) is 0 Å². The topological polar surface area (TPSA) is 81.7 Å². The van der Waals surface area contributed by atoms with E-state index >= 15 is 0 Å². The monoisotopic (exact) mass is 389 g/mol. The molecule has 1 saturated carbocycles. The van der Waals surface area contributed by atoms with Crippen LogP contribution in [-0.2, 0) is 11.2 Å². The largest absolute Gasteiger partial charge is 0.481 e. The predicted molar refractivity (Wildman–Crippen MR) is 111 cm³/mol. The van der Waals surface area contributed by atoms with E-state index < -0.39 is 5.97 Å². The van der Waals surface area contributed by atoms with Crippen molar-refractivity contribution in [3.63, 3.8) is 0 Å². The van der Waals surface area contributed by atoms with Gasteiger partial charge in [0.2, 0.25) is 0 Å². The van der Waals surface area contributed by atoms with Crippen molar-refractivity contribution in [2.45, 2.75) is 69.4 Å². The molecule has 1 aliphatic rings. The third-order valence-electron chi connectivity index (χ3n) is 5.93. The minimum atomic E-state index is -0.842. The van der Waals surface area contributed by atoms with Gasteiger partial charge < -0.3 is 20.6 Å². The Labute approximate surface area is 168 Å². The molecule has 6 nitrogen and oxygen atoms in total. The van der Waals surface area contributed by atoms with Crippen molar-refractivity contribution in [2.24, 2.45) is 0 Å². The number of hydrogen-bond acceptors (Lipinski definition) is 3. The fraction of sp³-hybridized carbons (Fsp3) is 0.636. The van der Waals surface area contributed by atoms with E-state index in [1.807, 2.05) is 30.3 Å². The summed E-state index contributed by atoms with van der Waals surface area (Å²) in [6.07, 6.45) is 8.16. The Morgan fingerprint density at radius 1 is 1.11 bits per heavy atom. The summed E-state index contributed by atoms with van der Waals surface area (Å²) < 4.78 is 0. The molecule has 1 unspecified atom stereocenters. The number of nitrogens with zero attached hydrogens (tertiary/aromatic N) is 1. The van der Waals surface area contributed by atoms with Crippen LogP contribution in [0.15, 0.2) is 30.3 Å². The van der Waals surface area contributed by atoms with Gasteiger partial charge in [0.15, 0.2) is 0 Å². The van der Waals surface area contributed by atoms with E-state index in [0.29, 0.717) is 19.4 Å². The Morgan fingerprint density at radius 2 is 1.75 bits per heavy atom. The van der Waals surface area contributed by atoms with E-state index in [2.05, 4.69) is 29.6 Å². The van der Waals surface area contributed by atoms with E-state index in [4.69, 9.17) is 5.11 Å². The average Bonchev–Trinajstić information content (AvgIpc) is 2.92. The van der Waals surface area contributed by atoms with Crippen molar-refractivity contribution in [2.75, 3.05) is 20.6 Å². The highest BCUT2D eigenvalue weighted by atomic mass is 16.4. The summed E-state index contributed by atoms with van der Waals surface area (Å²) in [6.45, 7) is 0.614. The van der Waals surface area contributed by atoms with Crippen LogP contribution in [0.25, 0.3) is 0 Å². The van der Waals surface area contributed by atoms with E-state index in [1.54, 1.807) is 0 Å². The number of nitrogens with one attached hydrogen (secondary N) is 2. The van der Waals surface area contributed by atoms with Gasteiger partial charge in [0.1, 0.15) is 0 Å². The number of amides is 2. The van der Waals surface area contributed by atoms with Gasteiger partial charge in [0, 0.05) is 24.5 Å². The van der Waals surface area contributed by atoms with E-state index in [-0.39, 0.29) is 24.0 Å². The van der Waals surface area contributed by atoms with Crippen molar-refractivity contribution in [1.29, 1.82) is 0 Å².